The fourth-order valence-corrected chi connectivity index (χ4v) is 1.61. The molecule has 1 aromatic rings. The molecule has 1 aromatic carbocycles. The summed E-state index contributed by atoms with van der Waals surface area (Å²) in [5.41, 5.74) is 7.22. The van der Waals surface area contributed by atoms with Gasteiger partial charge in [-0.1, -0.05) is 0 Å². The third-order valence-corrected chi connectivity index (χ3v) is 2.68. The van der Waals surface area contributed by atoms with Crippen molar-refractivity contribution in [3.05, 3.63) is 33.4 Å². The molecule has 0 fully saturated rings. The number of hydrogen-bond acceptors (Lipinski definition) is 5. The van der Waals surface area contributed by atoms with E-state index in [1.165, 1.54) is 13.2 Å². The minimum absolute atomic E-state index is 0.0247. The average Bonchev–Trinajstić information content (AvgIpc) is 2.33. The van der Waals surface area contributed by atoms with Crippen molar-refractivity contribution in [2.24, 2.45) is 5.73 Å². The molecular formula is C12H17N3O4. The van der Waals surface area contributed by atoms with E-state index in [0.717, 1.165) is 0 Å². The number of anilines is 1. The first-order chi connectivity index (χ1) is 8.86. The lowest BCUT2D eigenvalue weighted by molar-refractivity contribution is -0.385. The number of aryl methyl sites for hydroxylation is 2. The Hall–Kier alpha value is -1.99. The highest BCUT2D eigenvalue weighted by Gasteiger charge is 2.17. The average molecular weight is 267 g/mol. The molecule has 19 heavy (non-hydrogen) atoms. The van der Waals surface area contributed by atoms with Crippen molar-refractivity contribution < 1.29 is 14.5 Å². The summed E-state index contributed by atoms with van der Waals surface area (Å²) in [6.45, 7) is 3.41. The number of rotatable bonds is 5. The van der Waals surface area contributed by atoms with Crippen LogP contribution in [0.2, 0.25) is 0 Å². The van der Waals surface area contributed by atoms with Crippen LogP contribution in [0.15, 0.2) is 12.1 Å². The van der Waals surface area contributed by atoms with Gasteiger partial charge in [-0.05, 0) is 25.5 Å². The summed E-state index contributed by atoms with van der Waals surface area (Å²) in [5, 5.41) is 13.4. The maximum absolute atomic E-state index is 11.7. The Kier molecular flexibility index (Phi) is 4.96. The van der Waals surface area contributed by atoms with Gasteiger partial charge in [0.1, 0.15) is 6.04 Å². The van der Waals surface area contributed by atoms with Crippen LogP contribution in [0, 0.1) is 24.0 Å². The Morgan fingerprint density at radius 3 is 2.63 bits per heavy atom. The van der Waals surface area contributed by atoms with Gasteiger partial charge in [-0.3, -0.25) is 14.9 Å². The number of benzene rings is 1. The third kappa shape index (κ3) is 3.73. The molecule has 0 radical (unpaired) electrons. The highest BCUT2D eigenvalue weighted by molar-refractivity contribution is 5.95. The van der Waals surface area contributed by atoms with Gasteiger partial charge in [0, 0.05) is 24.4 Å². The van der Waals surface area contributed by atoms with Crippen molar-refractivity contribution >= 4 is 17.3 Å². The Morgan fingerprint density at radius 2 is 2.11 bits per heavy atom. The van der Waals surface area contributed by atoms with Gasteiger partial charge in [0.15, 0.2) is 0 Å². The van der Waals surface area contributed by atoms with Crippen molar-refractivity contribution in [3.8, 4) is 0 Å². The molecule has 0 aliphatic rings. The van der Waals surface area contributed by atoms with Crippen LogP contribution in [0.25, 0.3) is 0 Å². The molecular weight excluding hydrogens is 250 g/mol. The maximum atomic E-state index is 11.7. The molecule has 0 spiro atoms. The van der Waals surface area contributed by atoms with Crippen LogP contribution in [-0.4, -0.2) is 30.6 Å². The van der Waals surface area contributed by atoms with Crippen molar-refractivity contribution in [1.29, 1.82) is 0 Å². The van der Waals surface area contributed by atoms with E-state index in [-0.39, 0.29) is 12.3 Å². The van der Waals surface area contributed by atoms with Crippen molar-refractivity contribution in [2.45, 2.75) is 19.9 Å². The molecule has 1 unspecified atom stereocenters. The topological polar surface area (TPSA) is 107 Å². The maximum Gasteiger partial charge on any atom is 0.272 e. The molecule has 1 amide bonds. The van der Waals surface area contributed by atoms with Crippen molar-refractivity contribution in [1.82, 2.24) is 0 Å². The van der Waals surface area contributed by atoms with Crippen LogP contribution in [0.3, 0.4) is 0 Å². The number of amides is 1. The molecule has 7 heteroatoms. The van der Waals surface area contributed by atoms with Gasteiger partial charge in [-0.25, -0.2) is 0 Å². The van der Waals surface area contributed by atoms with E-state index in [1.54, 1.807) is 19.9 Å². The third-order valence-electron chi connectivity index (χ3n) is 2.68. The summed E-state index contributed by atoms with van der Waals surface area (Å²) < 4.78 is 4.79. The molecule has 7 nitrogen and oxygen atoms in total. The zero-order valence-corrected chi connectivity index (χ0v) is 11.1. The smallest absolute Gasteiger partial charge is 0.272 e. The van der Waals surface area contributed by atoms with E-state index in [0.29, 0.717) is 16.8 Å². The number of ether oxygens (including phenoxy) is 1. The van der Waals surface area contributed by atoms with Gasteiger partial charge in [-0.2, -0.15) is 0 Å². The number of nitrogens with two attached hydrogens (primary N) is 1. The van der Waals surface area contributed by atoms with Crippen molar-refractivity contribution in [3.63, 3.8) is 0 Å². The van der Waals surface area contributed by atoms with Gasteiger partial charge >= 0.3 is 0 Å². The number of methoxy groups -OCH3 is 1. The number of nitrogens with zero attached hydrogens (tertiary/aromatic N) is 1. The standard InChI is InChI=1S/C12H17N3O4/c1-7-5-11(15(17)18)8(2)4-10(7)14-12(16)9(13)6-19-3/h4-5,9H,6,13H2,1-3H3,(H,14,16). The largest absolute Gasteiger partial charge is 0.383 e. The van der Waals surface area contributed by atoms with E-state index in [4.69, 9.17) is 10.5 Å². The molecule has 0 saturated heterocycles. The Balaban J connectivity index is 2.94. The van der Waals surface area contributed by atoms with Crippen LogP contribution in [-0.2, 0) is 9.53 Å². The predicted octanol–water partition coefficient (Wildman–Crippen LogP) is 1.12. The number of nitrogens with one attached hydrogen (secondary N) is 1. The Labute approximate surface area is 110 Å². The minimum atomic E-state index is -0.778. The fraction of sp³-hybridized carbons (Fsp3) is 0.417. The number of carbonyl (C=O) groups is 1. The van der Waals surface area contributed by atoms with Crippen LogP contribution < -0.4 is 11.1 Å². The highest BCUT2D eigenvalue weighted by atomic mass is 16.6. The second-order valence-electron chi connectivity index (χ2n) is 4.26. The molecule has 0 aliphatic heterocycles. The normalized spacial score (nSPS) is 12.0. The van der Waals surface area contributed by atoms with Gasteiger partial charge in [0.2, 0.25) is 5.91 Å². The van der Waals surface area contributed by atoms with Gasteiger partial charge in [0.25, 0.3) is 5.69 Å². The number of nitro benzene ring substituents is 1. The molecule has 0 bridgehead atoms. The van der Waals surface area contributed by atoms with E-state index in [2.05, 4.69) is 5.32 Å². The van der Waals surface area contributed by atoms with E-state index < -0.39 is 16.9 Å². The van der Waals surface area contributed by atoms with Gasteiger partial charge in [-0.15, -0.1) is 0 Å². The minimum Gasteiger partial charge on any atom is -0.383 e. The lowest BCUT2D eigenvalue weighted by atomic mass is 10.1. The van der Waals surface area contributed by atoms with E-state index in [1.807, 2.05) is 0 Å². The molecule has 1 rings (SSSR count). The molecule has 104 valence electrons. The first-order valence-electron chi connectivity index (χ1n) is 5.67. The second kappa shape index (κ2) is 6.26. The monoisotopic (exact) mass is 267 g/mol. The van der Waals surface area contributed by atoms with Gasteiger partial charge in [0.05, 0.1) is 11.5 Å². The molecule has 0 aromatic heterocycles. The Morgan fingerprint density at radius 1 is 1.47 bits per heavy atom. The molecule has 3 N–H and O–H groups in total. The van der Waals surface area contributed by atoms with Crippen LogP contribution >= 0.6 is 0 Å². The molecule has 0 saturated carbocycles. The summed E-state index contributed by atoms with van der Waals surface area (Å²) in [7, 11) is 1.45. The highest BCUT2D eigenvalue weighted by Crippen LogP contribution is 2.25. The quantitative estimate of drug-likeness (QED) is 0.614. The zero-order chi connectivity index (χ0) is 14.6. The zero-order valence-electron chi connectivity index (χ0n) is 11.1. The summed E-state index contributed by atoms with van der Waals surface area (Å²) in [4.78, 5) is 22.1. The number of hydrogen-bond donors (Lipinski definition) is 2. The van der Waals surface area contributed by atoms with Crippen molar-refractivity contribution in [2.75, 3.05) is 19.0 Å². The first kappa shape index (κ1) is 15.1. The fourth-order valence-electron chi connectivity index (χ4n) is 1.61. The molecule has 0 heterocycles. The van der Waals surface area contributed by atoms with Gasteiger partial charge < -0.3 is 15.8 Å². The SMILES string of the molecule is COCC(N)C(=O)Nc1cc(C)c([N+](=O)[O-])cc1C. The predicted molar refractivity (Wildman–Crippen MR) is 71.1 cm³/mol. The summed E-state index contributed by atoms with van der Waals surface area (Å²) >= 11 is 0. The summed E-state index contributed by atoms with van der Waals surface area (Å²) in [6, 6.07) is 2.21. The Bertz CT molecular complexity index is 502. The summed E-state index contributed by atoms with van der Waals surface area (Å²) in [6.07, 6.45) is 0. The van der Waals surface area contributed by atoms with Crippen LogP contribution in [0.4, 0.5) is 11.4 Å². The lowest BCUT2D eigenvalue weighted by Crippen LogP contribution is -2.39. The van der Waals surface area contributed by atoms with Crippen LogP contribution in [0.5, 0.6) is 0 Å². The number of carbonyl (C=O) groups excluding carboxylic acids is 1. The van der Waals surface area contributed by atoms with E-state index >= 15 is 0 Å². The lowest BCUT2D eigenvalue weighted by Gasteiger charge is -2.13. The van der Waals surface area contributed by atoms with Crippen LogP contribution in [0.1, 0.15) is 11.1 Å². The molecule has 0 aliphatic carbocycles. The summed E-state index contributed by atoms with van der Waals surface area (Å²) in [5.74, 6) is -0.391. The second-order valence-corrected chi connectivity index (χ2v) is 4.26. The molecule has 1 atom stereocenters. The number of nitro groups is 1. The first-order valence-corrected chi connectivity index (χ1v) is 5.67. The van der Waals surface area contributed by atoms with E-state index in [9.17, 15) is 14.9 Å².